The SMILES string of the molecule is CC/C=C\C=C/c1nc(-c2cc(-c3nc4c(s3)N=C(C)CC=C4)cc(-c3nc4cccnc4s3)c2)sc1C. The van der Waals surface area contributed by atoms with Crippen molar-refractivity contribution in [2.24, 2.45) is 4.99 Å². The lowest BCUT2D eigenvalue weighted by Crippen LogP contribution is -1.86. The minimum atomic E-state index is 0.859. The molecule has 1 aliphatic rings. The number of fused-ring (bicyclic) bond motifs is 2. The third-order valence-electron chi connectivity index (χ3n) is 6.03. The van der Waals surface area contributed by atoms with Gasteiger partial charge in [0.25, 0.3) is 0 Å². The first kappa shape index (κ1) is 24.7. The molecule has 5 nitrogen and oxygen atoms in total. The number of rotatable bonds is 6. The van der Waals surface area contributed by atoms with Gasteiger partial charge in [-0.25, -0.2) is 24.9 Å². The van der Waals surface area contributed by atoms with Crippen LogP contribution in [-0.4, -0.2) is 25.6 Å². The molecule has 5 aromatic rings. The molecule has 0 spiro atoms. The van der Waals surface area contributed by atoms with E-state index in [9.17, 15) is 0 Å². The van der Waals surface area contributed by atoms with Crippen LogP contribution in [0.25, 0.3) is 54.2 Å². The predicted octanol–water partition coefficient (Wildman–Crippen LogP) is 9.40. The predicted molar refractivity (Wildman–Crippen MR) is 165 cm³/mol. The van der Waals surface area contributed by atoms with Crippen molar-refractivity contribution in [3.63, 3.8) is 0 Å². The maximum atomic E-state index is 5.00. The van der Waals surface area contributed by atoms with Crippen LogP contribution >= 0.6 is 34.0 Å². The second-order valence-electron chi connectivity index (χ2n) is 8.96. The van der Waals surface area contributed by atoms with Gasteiger partial charge in [-0.1, -0.05) is 53.9 Å². The highest BCUT2D eigenvalue weighted by Gasteiger charge is 2.18. The molecule has 0 saturated heterocycles. The molecule has 0 bridgehead atoms. The number of thiazole rings is 3. The van der Waals surface area contributed by atoms with Gasteiger partial charge in [0.2, 0.25) is 0 Å². The third-order valence-corrected chi connectivity index (χ3v) is 9.10. The number of allylic oxidation sites excluding steroid dienone is 4. The average molecular weight is 552 g/mol. The number of hydrogen-bond acceptors (Lipinski definition) is 8. The van der Waals surface area contributed by atoms with Crippen molar-refractivity contribution in [3.05, 3.63) is 77.1 Å². The number of benzene rings is 1. The van der Waals surface area contributed by atoms with E-state index < -0.39 is 0 Å². The van der Waals surface area contributed by atoms with Crippen molar-refractivity contribution in [2.45, 2.75) is 33.6 Å². The Morgan fingerprint density at radius 3 is 2.42 bits per heavy atom. The summed E-state index contributed by atoms with van der Waals surface area (Å²) in [4.78, 5) is 26.3. The first-order valence-electron chi connectivity index (χ1n) is 12.5. The highest BCUT2D eigenvalue weighted by atomic mass is 32.1. The smallest absolute Gasteiger partial charge is 0.143 e. The molecule has 5 heterocycles. The van der Waals surface area contributed by atoms with Crippen molar-refractivity contribution in [2.75, 3.05) is 0 Å². The Bertz CT molecular complexity index is 1730. The van der Waals surface area contributed by atoms with E-state index in [1.807, 2.05) is 18.3 Å². The lowest BCUT2D eigenvalue weighted by Gasteiger charge is -2.05. The number of nitrogens with zero attached hydrogens (tertiary/aromatic N) is 5. The van der Waals surface area contributed by atoms with Gasteiger partial charge in [0.15, 0.2) is 0 Å². The molecule has 1 aliphatic heterocycles. The van der Waals surface area contributed by atoms with Crippen LogP contribution in [-0.2, 0) is 0 Å². The summed E-state index contributed by atoms with van der Waals surface area (Å²) in [5, 5.41) is 3.82. The molecule has 0 saturated carbocycles. The summed E-state index contributed by atoms with van der Waals surface area (Å²) >= 11 is 4.94. The summed E-state index contributed by atoms with van der Waals surface area (Å²) in [5.41, 5.74) is 7.07. The first-order valence-corrected chi connectivity index (χ1v) is 14.9. The first-order chi connectivity index (χ1) is 18.6. The molecule has 0 aliphatic carbocycles. The fourth-order valence-corrected chi connectivity index (χ4v) is 6.90. The summed E-state index contributed by atoms with van der Waals surface area (Å²) < 4.78 is 0. The normalized spacial score (nSPS) is 13.5. The Labute approximate surface area is 233 Å². The van der Waals surface area contributed by atoms with E-state index in [0.717, 1.165) is 77.0 Å². The maximum absolute atomic E-state index is 5.00. The lowest BCUT2D eigenvalue weighted by molar-refractivity contribution is 1.22. The molecule has 8 heteroatoms. The highest BCUT2D eigenvalue weighted by molar-refractivity contribution is 7.21. The van der Waals surface area contributed by atoms with Crippen molar-refractivity contribution >= 4 is 67.2 Å². The Morgan fingerprint density at radius 2 is 1.66 bits per heavy atom. The Balaban J connectivity index is 1.48. The van der Waals surface area contributed by atoms with Crippen molar-refractivity contribution < 1.29 is 0 Å². The van der Waals surface area contributed by atoms with Gasteiger partial charge in [-0.2, -0.15) is 0 Å². The second-order valence-corrected chi connectivity index (χ2v) is 12.1. The number of aliphatic imine (C=N–C) groups is 1. The van der Waals surface area contributed by atoms with E-state index >= 15 is 0 Å². The average Bonchev–Trinajstić information content (AvgIpc) is 3.61. The standard InChI is InChI=1S/C30H25N5S3/c1-4-5-6-7-11-23-19(3)36-26(33-23)20-15-21(27-34-24-13-9-14-31-29(24)37-27)17-22(16-20)28-35-25-12-8-10-18(2)32-30(25)38-28/h5-9,11-17H,4,10H2,1-3H3/b6-5-,11-7-. The summed E-state index contributed by atoms with van der Waals surface area (Å²) in [5.74, 6) is 0. The van der Waals surface area contributed by atoms with E-state index in [-0.39, 0.29) is 0 Å². The van der Waals surface area contributed by atoms with E-state index in [0.29, 0.717) is 0 Å². The molecule has 0 fully saturated rings. The van der Waals surface area contributed by atoms with E-state index in [1.165, 1.54) is 4.88 Å². The van der Waals surface area contributed by atoms with Gasteiger partial charge < -0.3 is 0 Å². The topological polar surface area (TPSA) is 63.9 Å². The van der Waals surface area contributed by atoms with Crippen molar-refractivity contribution in [1.82, 2.24) is 19.9 Å². The van der Waals surface area contributed by atoms with Crippen molar-refractivity contribution in [1.29, 1.82) is 0 Å². The fraction of sp³-hybridized carbons (Fsp3) is 0.167. The van der Waals surface area contributed by atoms with E-state index in [2.05, 4.69) is 80.4 Å². The van der Waals surface area contributed by atoms with Crippen LogP contribution in [0.15, 0.2) is 65.8 Å². The largest absolute Gasteiger partial charge is 0.245 e. The summed E-state index contributed by atoms with van der Waals surface area (Å²) in [7, 11) is 0. The molecular formula is C30H25N5S3. The number of aryl methyl sites for hydroxylation is 1. The molecule has 0 amide bonds. The summed E-state index contributed by atoms with van der Waals surface area (Å²) in [6.07, 6.45) is 16.2. The molecule has 0 N–H and O–H groups in total. The highest BCUT2D eigenvalue weighted by Crippen LogP contribution is 2.41. The van der Waals surface area contributed by atoms with Gasteiger partial charge in [-0.3, -0.25) is 0 Å². The van der Waals surface area contributed by atoms with Gasteiger partial charge in [0, 0.05) is 39.9 Å². The Kier molecular flexibility index (Phi) is 6.93. The fourth-order valence-electron chi connectivity index (χ4n) is 4.14. The quantitative estimate of drug-likeness (QED) is 0.197. The molecule has 0 unspecified atom stereocenters. The minimum absolute atomic E-state index is 0.859. The minimum Gasteiger partial charge on any atom is -0.245 e. The zero-order valence-electron chi connectivity index (χ0n) is 21.3. The van der Waals surface area contributed by atoms with Crippen LogP contribution in [0.4, 0.5) is 5.00 Å². The summed E-state index contributed by atoms with van der Waals surface area (Å²) in [6.45, 7) is 6.32. The van der Waals surface area contributed by atoms with Crippen LogP contribution in [0.2, 0.25) is 0 Å². The summed E-state index contributed by atoms with van der Waals surface area (Å²) in [6, 6.07) is 10.5. The van der Waals surface area contributed by atoms with E-state index in [4.69, 9.17) is 19.9 Å². The number of pyridine rings is 1. The monoisotopic (exact) mass is 551 g/mol. The second kappa shape index (κ2) is 10.6. The van der Waals surface area contributed by atoms with Crippen molar-refractivity contribution in [3.8, 4) is 31.7 Å². The Hall–Kier alpha value is -3.59. The number of aromatic nitrogens is 4. The zero-order chi connectivity index (χ0) is 26.1. The van der Waals surface area contributed by atoms with Crippen LogP contribution in [0, 0.1) is 6.92 Å². The molecule has 6 rings (SSSR count). The molecule has 0 atom stereocenters. The molecule has 4 aromatic heterocycles. The van der Waals surface area contributed by atoms with Gasteiger partial charge in [-0.15, -0.1) is 11.3 Å². The zero-order valence-corrected chi connectivity index (χ0v) is 23.8. The molecule has 1 aromatic carbocycles. The van der Waals surface area contributed by atoms with E-state index in [1.54, 1.807) is 34.0 Å². The Morgan fingerprint density at radius 1 is 0.895 bits per heavy atom. The van der Waals surface area contributed by atoms with Crippen LogP contribution in [0.1, 0.15) is 43.0 Å². The van der Waals surface area contributed by atoms with Gasteiger partial charge in [-0.05, 0) is 62.8 Å². The van der Waals surface area contributed by atoms with Gasteiger partial charge in [0.1, 0.15) is 36.1 Å². The van der Waals surface area contributed by atoms with Gasteiger partial charge >= 0.3 is 0 Å². The van der Waals surface area contributed by atoms with Crippen LogP contribution < -0.4 is 0 Å². The molecule has 188 valence electrons. The number of hydrogen-bond donors (Lipinski definition) is 0. The third kappa shape index (κ3) is 5.07. The maximum Gasteiger partial charge on any atom is 0.143 e. The molecular weight excluding hydrogens is 527 g/mol. The van der Waals surface area contributed by atoms with Crippen LogP contribution in [0.5, 0.6) is 0 Å². The molecule has 38 heavy (non-hydrogen) atoms. The van der Waals surface area contributed by atoms with Crippen LogP contribution in [0.3, 0.4) is 0 Å². The lowest BCUT2D eigenvalue weighted by atomic mass is 10.1. The van der Waals surface area contributed by atoms with Gasteiger partial charge in [0.05, 0.1) is 5.69 Å². The molecule has 0 radical (unpaired) electrons.